The molecular formula is C5H12OPS2-. The van der Waals surface area contributed by atoms with Crippen LogP contribution in [0.15, 0.2) is 0 Å². The first kappa shape index (κ1) is 9.96. The first-order valence-corrected chi connectivity index (χ1v) is 7.10. The highest BCUT2D eigenvalue weighted by atomic mass is 32.9. The number of rotatable bonds is 3. The summed E-state index contributed by atoms with van der Waals surface area (Å²) in [7, 11) is 0. The van der Waals surface area contributed by atoms with Gasteiger partial charge in [-0.25, -0.2) is 0 Å². The number of hydrogen-bond donors (Lipinski definition) is 0. The van der Waals surface area contributed by atoms with Gasteiger partial charge in [-0.2, -0.15) is 0 Å². The Morgan fingerprint density at radius 3 is 2.33 bits per heavy atom. The van der Waals surface area contributed by atoms with Gasteiger partial charge in [0.15, 0.2) is 0 Å². The fourth-order valence-corrected chi connectivity index (χ4v) is 2.09. The van der Waals surface area contributed by atoms with Crippen molar-refractivity contribution in [2.45, 2.75) is 26.4 Å². The molecule has 56 valence electrons. The lowest BCUT2D eigenvalue weighted by Crippen LogP contribution is -2.02. The molecule has 9 heavy (non-hydrogen) atoms. The van der Waals surface area contributed by atoms with Crippen LogP contribution in [0, 0.1) is 0 Å². The maximum Gasteiger partial charge on any atom is 0.0571 e. The molecule has 0 N–H and O–H groups in total. The average molecular weight is 183 g/mol. The summed E-state index contributed by atoms with van der Waals surface area (Å²) < 4.78 is 5.33. The van der Waals surface area contributed by atoms with Gasteiger partial charge in [-0.1, -0.05) is 24.2 Å². The van der Waals surface area contributed by atoms with E-state index < -0.39 is 5.47 Å². The van der Waals surface area contributed by atoms with Gasteiger partial charge in [-0.3, -0.25) is 0 Å². The van der Waals surface area contributed by atoms with Crippen LogP contribution in [0.5, 0.6) is 0 Å². The summed E-state index contributed by atoms with van der Waals surface area (Å²) in [5.41, 5.74) is -1.82. The zero-order chi connectivity index (χ0) is 7.49. The molecule has 0 heterocycles. The zero-order valence-electron chi connectivity index (χ0n) is 5.96. The lowest BCUT2D eigenvalue weighted by atomic mass is 10.3. The maximum atomic E-state index is 5.33. The predicted octanol–water partition coefficient (Wildman–Crippen LogP) is 2.29. The lowest BCUT2D eigenvalue weighted by Gasteiger charge is -2.26. The zero-order valence-corrected chi connectivity index (χ0v) is 8.48. The highest BCUT2D eigenvalue weighted by Crippen LogP contribution is 2.41. The van der Waals surface area contributed by atoms with Gasteiger partial charge < -0.3 is 16.8 Å². The molecule has 0 bridgehead atoms. The fourth-order valence-electron chi connectivity index (χ4n) is 0.401. The summed E-state index contributed by atoms with van der Waals surface area (Å²) in [5.74, 6) is 0. The second-order valence-electron chi connectivity index (χ2n) is 2.10. The Morgan fingerprint density at radius 1 is 1.78 bits per heavy atom. The van der Waals surface area contributed by atoms with E-state index in [0.29, 0.717) is 0 Å². The van der Waals surface area contributed by atoms with E-state index in [2.05, 4.69) is 6.92 Å². The average Bonchev–Trinajstić information content (AvgIpc) is 1.62. The molecule has 0 aromatic rings. The van der Waals surface area contributed by atoms with Crippen molar-refractivity contribution in [2.75, 3.05) is 6.66 Å². The maximum absolute atomic E-state index is 5.33. The molecule has 0 fully saturated rings. The van der Waals surface area contributed by atoms with E-state index >= 15 is 0 Å². The molecule has 0 rings (SSSR count). The lowest BCUT2D eigenvalue weighted by molar-refractivity contribution is 0.249. The fraction of sp³-hybridized carbons (Fsp3) is 1.00. The van der Waals surface area contributed by atoms with Gasteiger partial charge >= 0.3 is 0 Å². The molecule has 0 aliphatic heterocycles. The van der Waals surface area contributed by atoms with E-state index in [4.69, 9.17) is 28.6 Å². The Bertz CT molecular complexity index is 120. The van der Waals surface area contributed by atoms with Gasteiger partial charge in [0.05, 0.1) is 6.10 Å². The van der Waals surface area contributed by atoms with Crippen LogP contribution in [0.25, 0.3) is 0 Å². The van der Waals surface area contributed by atoms with Crippen LogP contribution in [0.2, 0.25) is 0 Å². The molecule has 4 heteroatoms. The van der Waals surface area contributed by atoms with Crippen LogP contribution >= 0.6 is 5.47 Å². The monoisotopic (exact) mass is 183 g/mol. The third-order valence-corrected chi connectivity index (χ3v) is 2.21. The van der Waals surface area contributed by atoms with E-state index in [-0.39, 0.29) is 6.10 Å². The van der Waals surface area contributed by atoms with E-state index in [9.17, 15) is 0 Å². The first-order chi connectivity index (χ1) is 3.95. The van der Waals surface area contributed by atoms with Gasteiger partial charge in [0.2, 0.25) is 0 Å². The molecule has 0 aromatic carbocycles. The molecule has 0 saturated carbocycles. The molecule has 0 spiro atoms. The molecule has 0 aromatic heterocycles. The molecule has 0 radical (unpaired) electrons. The van der Waals surface area contributed by atoms with E-state index in [0.717, 1.165) is 6.42 Å². The smallest absolute Gasteiger partial charge is 0.0571 e. The largest absolute Gasteiger partial charge is 0.719 e. The third-order valence-electron chi connectivity index (χ3n) is 0.946. The minimum Gasteiger partial charge on any atom is -0.719 e. The van der Waals surface area contributed by atoms with Crippen LogP contribution in [0.4, 0.5) is 0 Å². The van der Waals surface area contributed by atoms with Crippen molar-refractivity contribution >= 4 is 29.5 Å². The van der Waals surface area contributed by atoms with Crippen LogP contribution in [-0.2, 0) is 28.6 Å². The van der Waals surface area contributed by atoms with Gasteiger partial charge in [-0.05, 0) is 20.0 Å². The SMILES string of the molecule is CCC(C)OP(C)(=S)[S-]. The minimum atomic E-state index is -1.82. The summed E-state index contributed by atoms with van der Waals surface area (Å²) >= 11 is 9.86. The topological polar surface area (TPSA) is 9.23 Å². The van der Waals surface area contributed by atoms with Gasteiger partial charge in [0, 0.05) is 0 Å². The van der Waals surface area contributed by atoms with E-state index in [1.54, 1.807) is 0 Å². The van der Waals surface area contributed by atoms with Gasteiger partial charge in [0.25, 0.3) is 0 Å². The summed E-state index contributed by atoms with van der Waals surface area (Å²) in [6.07, 6.45) is 1.22. The van der Waals surface area contributed by atoms with Crippen molar-refractivity contribution in [2.24, 2.45) is 0 Å². The van der Waals surface area contributed by atoms with Gasteiger partial charge in [0.1, 0.15) is 0 Å². The van der Waals surface area contributed by atoms with Crippen molar-refractivity contribution in [1.82, 2.24) is 0 Å². The molecule has 0 saturated heterocycles. The van der Waals surface area contributed by atoms with Gasteiger partial charge in [-0.15, -0.1) is 0 Å². The Labute approximate surface area is 67.4 Å². The predicted molar refractivity (Wildman–Crippen MR) is 48.4 cm³/mol. The van der Waals surface area contributed by atoms with Crippen molar-refractivity contribution < 1.29 is 4.52 Å². The van der Waals surface area contributed by atoms with Crippen molar-refractivity contribution in [1.29, 1.82) is 0 Å². The minimum absolute atomic E-state index is 0.235. The van der Waals surface area contributed by atoms with Crippen LogP contribution in [0.3, 0.4) is 0 Å². The number of hydrogen-bond acceptors (Lipinski definition) is 3. The second kappa shape index (κ2) is 3.97. The molecule has 2 unspecified atom stereocenters. The molecule has 1 nitrogen and oxygen atoms in total. The Morgan fingerprint density at radius 2 is 2.22 bits per heavy atom. The highest BCUT2D eigenvalue weighted by molar-refractivity contribution is 8.53. The second-order valence-corrected chi connectivity index (χ2v) is 8.72. The standard InChI is InChI=1S/C5H13OPS2/c1-4-5(2)6-7(3,8)9/h5H,4H2,1-3H3,(H,8,9)/p-1. The molecule has 0 aliphatic carbocycles. The molecule has 2 atom stereocenters. The normalized spacial score (nSPS) is 20.9. The summed E-state index contributed by atoms with van der Waals surface area (Å²) in [6.45, 7) is 5.88. The van der Waals surface area contributed by atoms with Crippen molar-refractivity contribution in [3.63, 3.8) is 0 Å². The Balaban J connectivity index is 3.60. The van der Waals surface area contributed by atoms with Crippen molar-refractivity contribution in [3.8, 4) is 0 Å². The first-order valence-electron chi connectivity index (χ1n) is 2.92. The molecule has 0 amide bonds. The van der Waals surface area contributed by atoms with Crippen LogP contribution in [0.1, 0.15) is 20.3 Å². The Kier molecular flexibility index (Phi) is 4.39. The highest BCUT2D eigenvalue weighted by Gasteiger charge is 1.99. The van der Waals surface area contributed by atoms with E-state index in [1.165, 1.54) is 0 Å². The molecular weight excluding hydrogens is 171 g/mol. The molecule has 0 aliphatic rings. The van der Waals surface area contributed by atoms with Crippen molar-refractivity contribution in [3.05, 3.63) is 0 Å². The van der Waals surface area contributed by atoms with Crippen LogP contribution in [-0.4, -0.2) is 12.8 Å². The summed E-state index contributed by atoms with van der Waals surface area (Å²) in [4.78, 5) is 0. The van der Waals surface area contributed by atoms with E-state index in [1.807, 2.05) is 13.6 Å². The summed E-state index contributed by atoms with van der Waals surface area (Å²) in [6, 6.07) is 0. The quantitative estimate of drug-likeness (QED) is 0.491. The third kappa shape index (κ3) is 6.85. The van der Waals surface area contributed by atoms with Crippen LogP contribution < -0.4 is 0 Å². The Hall–Kier alpha value is 0.960. The summed E-state index contributed by atoms with van der Waals surface area (Å²) in [5, 5.41) is 0.